The second-order valence-corrected chi connectivity index (χ2v) is 6.23. The maximum Gasteiger partial charge on any atom is 0.327 e. The molecule has 3 amide bonds. The molecular formula is C15H29N5O5. The summed E-state index contributed by atoms with van der Waals surface area (Å²) in [7, 11) is 0. The molecule has 3 unspecified atom stereocenters. The highest BCUT2D eigenvalue weighted by atomic mass is 16.4. The molecule has 9 N–H and O–H groups in total. The Morgan fingerprint density at radius 1 is 1.04 bits per heavy atom. The highest BCUT2D eigenvalue weighted by Crippen LogP contribution is 2.14. The van der Waals surface area contributed by atoms with Crippen LogP contribution in [0.25, 0.3) is 0 Å². The van der Waals surface area contributed by atoms with Crippen molar-refractivity contribution in [3.63, 3.8) is 0 Å². The first kappa shape index (κ1) is 23.0. The first-order valence-corrected chi connectivity index (χ1v) is 8.13. The number of rotatable bonds is 11. The average molecular weight is 359 g/mol. The van der Waals surface area contributed by atoms with Crippen molar-refractivity contribution in [2.24, 2.45) is 28.9 Å². The second-order valence-electron chi connectivity index (χ2n) is 6.23. The van der Waals surface area contributed by atoms with Gasteiger partial charge in [-0.1, -0.05) is 20.3 Å². The first-order valence-electron chi connectivity index (χ1n) is 8.13. The van der Waals surface area contributed by atoms with E-state index < -0.39 is 48.2 Å². The number of unbranched alkanes of at least 4 members (excludes halogenated alkanes) is 1. The van der Waals surface area contributed by atoms with Gasteiger partial charge in [-0.2, -0.15) is 0 Å². The Balaban J connectivity index is 5.63. The van der Waals surface area contributed by atoms with Crippen LogP contribution < -0.4 is 22.9 Å². The van der Waals surface area contributed by atoms with E-state index in [2.05, 4.69) is 0 Å². The zero-order valence-electron chi connectivity index (χ0n) is 14.7. The van der Waals surface area contributed by atoms with E-state index in [1.54, 1.807) is 13.8 Å². The van der Waals surface area contributed by atoms with Gasteiger partial charge in [0.15, 0.2) is 0 Å². The number of aliphatic carboxylic acids is 1. The summed E-state index contributed by atoms with van der Waals surface area (Å²) in [5.74, 6) is -4.65. The van der Waals surface area contributed by atoms with Crippen molar-refractivity contribution in [2.45, 2.75) is 57.7 Å². The summed E-state index contributed by atoms with van der Waals surface area (Å²) in [6.45, 7) is 3.72. The molecule has 0 aromatic heterocycles. The number of carbonyl (C=O) groups is 4. The molecule has 10 nitrogen and oxygen atoms in total. The standard InChI is InChI=1S/C15H29N5O5/c1-8(2)12(19)14(23)20(10(15(24)25)7-11(18)21)13(22)9(17)5-3-4-6-16/h8-10,12H,3-7,16-17,19H2,1-2H3,(H2,18,21)(H,24,25). The van der Waals surface area contributed by atoms with Crippen LogP contribution in [0.2, 0.25) is 0 Å². The zero-order chi connectivity index (χ0) is 19.7. The molecular weight excluding hydrogens is 330 g/mol. The fourth-order valence-electron chi connectivity index (χ4n) is 2.15. The molecule has 0 rings (SSSR count). The van der Waals surface area contributed by atoms with E-state index in [9.17, 15) is 24.3 Å². The van der Waals surface area contributed by atoms with E-state index in [4.69, 9.17) is 22.9 Å². The quantitative estimate of drug-likeness (QED) is 0.264. The predicted molar refractivity (Wildman–Crippen MR) is 90.8 cm³/mol. The van der Waals surface area contributed by atoms with E-state index in [1.165, 1.54) is 0 Å². The Morgan fingerprint density at radius 3 is 2.00 bits per heavy atom. The minimum absolute atomic E-state index is 0.222. The molecule has 0 fully saturated rings. The molecule has 0 aliphatic carbocycles. The maximum atomic E-state index is 12.6. The second kappa shape index (κ2) is 10.7. The smallest absolute Gasteiger partial charge is 0.327 e. The molecule has 0 aromatic carbocycles. The van der Waals surface area contributed by atoms with Crippen LogP contribution in [0.15, 0.2) is 0 Å². The number of carbonyl (C=O) groups excluding carboxylic acids is 3. The fourth-order valence-corrected chi connectivity index (χ4v) is 2.15. The average Bonchev–Trinajstić information content (AvgIpc) is 2.52. The highest BCUT2D eigenvalue weighted by Gasteiger charge is 2.40. The summed E-state index contributed by atoms with van der Waals surface area (Å²) in [6.07, 6.45) is 0.673. The molecule has 0 heterocycles. The van der Waals surface area contributed by atoms with Gasteiger partial charge in [-0.25, -0.2) is 4.79 Å². The number of nitrogens with zero attached hydrogens (tertiary/aromatic N) is 1. The van der Waals surface area contributed by atoms with Crippen LogP contribution in [-0.2, 0) is 19.2 Å². The van der Waals surface area contributed by atoms with Crippen molar-refractivity contribution in [1.82, 2.24) is 4.90 Å². The molecule has 0 aliphatic rings. The van der Waals surface area contributed by atoms with E-state index in [-0.39, 0.29) is 12.3 Å². The lowest BCUT2D eigenvalue weighted by Crippen LogP contribution is -2.59. The predicted octanol–water partition coefficient (Wildman–Crippen LogP) is -1.89. The highest BCUT2D eigenvalue weighted by molar-refractivity contribution is 6.04. The van der Waals surface area contributed by atoms with Crippen molar-refractivity contribution >= 4 is 23.7 Å². The normalized spacial score (nSPS) is 14.6. The lowest BCUT2D eigenvalue weighted by atomic mass is 10.00. The fraction of sp³-hybridized carbons (Fsp3) is 0.733. The molecule has 0 bridgehead atoms. The first-order chi connectivity index (χ1) is 11.5. The van der Waals surface area contributed by atoms with Gasteiger partial charge in [-0.15, -0.1) is 0 Å². The topological polar surface area (TPSA) is 196 Å². The zero-order valence-corrected chi connectivity index (χ0v) is 14.7. The Morgan fingerprint density at radius 2 is 1.60 bits per heavy atom. The van der Waals surface area contributed by atoms with Gasteiger partial charge in [-0.3, -0.25) is 19.3 Å². The molecule has 144 valence electrons. The Hall–Kier alpha value is -2.04. The molecule has 0 spiro atoms. The van der Waals surface area contributed by atoms with Crippen LogP contribution in [0.1, 0.15) is 39.5 Å². The molecule has 0 saturated heterocycles. The summed E-state index contributed by atoms with van der Waals surface area (Å²) in [4.78, 5) is 48.4. The van der Waals surface area contributed by atoms with Gasteiger partial charge in [0.2, 0.25) is 17.7 Å². The van der Waals surface area contributed by atoms with Gasteiger partial charge in [-0.05, 0) is 25.3 Å². The summed E-state index contributed by atoms with van der Waals surface area (Å²) in [6, 6.07) is -3.97. The molecule has 0 radical (unpaired) electrons. The monoisotopic (exact) mass is 359 g/mol. The number of primary amides is 1. The summed E-state index contributed by atoms with van der Waals surface area (Å²) in [5.41, 5.74) is 22.0. The molecule has 0 aromatic rings. The number of amides is 3. The third-order valence-corrected chi connectivity index (χ3v) is 3.76. The van der Waals surface area contributed by atoms with Crippen molar-refractivity contribution in [3.05, 3.63) is 0 Å². The third-order valence-electron chi connectivity index (χ3n) is 3.76. The minimum atomic E-state index is -1.75. The van der Waals surface area contributed by atoms with Gasteiger partial charge in [0.1, 0.15) is 6.04 Å². The number of nitrogens with two attached hydrogens (primary N) is 4. The van der Waals surface area contributed by atoms with Crippen LogP contribution >= 0.6 is 0 Å². The Labute approximate surface area is 146 Å². The lowest BCUT2D eigenvalue weighted by Gasteiger charge is -2.31. The van der Waals surface area contributed by atoms with Crippen molar-refractivity contribution in [2.75, 3.05) is 6.54 Å². The van der Waals surface area contributed by atoms with Crippen LogP contribution in [-0.4, -0.2) is 58.4 Å². The number of hydrogen-bond acceptors (Lipinski definition) is 7. The summed E-state index contributed by atoms with van der Waals surface area (Å²) in [5, 5.41) is 9.35. The van der Waals surface area contributed by atoms with Gasteiger partial charge in [0.05, 0.1) is 18.5 Å². The number of imide groups is 1. The SMILES string of the molecule is CC(C)C(N)C(=O)N(C(=O)C(N)CCCCN)C(CC(N)=O)C(=O)O. The molecule has 25 heavy (non-hydrogen) atoms. The molecule has 3 atom stereocenters. The third kappa shape index (κ3) is 7.16. The van der Waals surface area contributed by atoms with Crippen LogP contribution in [0, 0.1) is 5.92 Å². The summed E-state index contributed by atoms with van der Waals surface area (Å²) < 4.78 is 0. The largest absolute Gasteiger partial charge is 0.480 e. The van der Waals surface area contributed by atoms with Crippen molar-refractivity contribution in [3.8, 4) is 0 Å². The van der Waals surface area contributed by atoms with E-state index >= 15 is 0 Å². The number of carboxylic acid groups (broad SMARTS) is 1. The van der Waals surface area contributed by atoms with Crippen LogP contribution in [0.3, 0.4) is 0 Å². The molecule has 0 aliphatic heterocycles. The Kier molecular flexibility index (Phi) is 9.87. The van der Waals surface area contributed by atoms with Crippen molar-refractivity contribution in [1.29, 1.82) is 0 Å². The van der Waals surface area contributed by atoms with Gasteiger partial charge in [0, 0.05) is 0 Å². The molecule has 0 saturated carbocycles. The van der Waals surface area contributed by atoms with Gasteiger partial charge >= 0.3 is 5.97 Å². The number of carboxylic acids is 1. The van der Waals surface area contributed by atoms with Gasteiger partial charge in [0.25, 0.3) is 0 Å². The Bertz CT molecular complexity index is 497. The van der Waals surface area contributed by atoms with E-state index in [1.807, 2.05) is 0 Å². The van der Waals surface area contributed by atoms with Crippen LogP contribution in [0.5, 0.6) is 0 Å². The maximum absolute atomic E-state index is 12.6. The van der Waals surface area contributed by atoms with Crippen molar-refractivity contribution < 1.29 is 24.3 Å². The van der Waals surface area contributed by atoms with Gasteiger partial charge < -0.3 is 28.0 Å². The summed E-state index contributed by atoms with van der Waals surface area (Å²) >= 11 is 0. The van der Waals surface area contributed by atoms with Crippen LogP contribution in [0.4, 0.5) is 0 Å². The number of hydrogen-bond donors (Lipinski definition) is 5. The van der Waals surface area contributed by atoms with E-state index in [0.717, 1.165) is 0 Å². The molecule has 10 heteroatoms. The van der Waals surface area contributed by atoms with E-state index in [0.29, 0.717) is 24.3 Å². The lowest BCUT2D eigenvalue weighted by molar-refractivity contribution is -0.160. The minimum Gasteiger partial charge on any atom is -0.480 e.